The summed E-state index contributed by atoms with van der Waals surface area (Å²) < 4.78 is 0. The van der Waals surface area contributed by atoms with Crippen LogP contribution in [0.25, 0.3) is 0 Å². The van der Waals surface area contributed by atoms with E-state index in [-0.39, 0.29) is 18.7 Å². The van der Waals surface area contributed by atoms with E-state index in [1.165, 1.54) is 36.1 Å². The number of aryl methyl sites for hydroxylation is 2. The van der Waals surface area contributed by atoms with Gasteiger partial charge in [-0.15, -0.1) is 0 Å². The number of aliphatic carboxylic acids is 1. The zero-order chi connectivity index (χ0) is 17.4. The molecule has 0 saturated heterocycles. The summed E-state index contributed by atoms with van der Waals surface area (Å²) in [4.78, 5) is 23.8. The summed E-state index contributed by atoms with van der Waals surface area (Å²) in [5.41, 5.74) is 4.19. The number of hydrogen-bond donors (Lipinski definition) is 2. The average molecular weight is 332 g/mol. The van der Waals surface area contributed by atoms with Gasteiger partial charge >= 0.3 is 5.97 Å². The minimum atomic E-state index is -0.922. The number of carbonyl (C=O) groups excluding carboxylic acids is 1. The van der Waals surface area contributed by atoms with Crippen LogP contribution in [-0.2, 0) is 22.4 Å². The van der Waals surface area contributed by atoms with Crippen molar-refractivity contribution in [1.29, 1.82) is 0 Å². The van der Waals surface area contributed by atoms with Crippen LogP contribution in [-0.4, -0.2) is 42.0 Å². The van der Waals surface area contributed by atoms with Gasteiger partial charge in [-0.25, -0.2) is 0 Å². The number of nitrogens with one attached hydrogen (secondary N) is 1. The Labute approximate surface area is 144 Å². The van der Waals surface area contributed by atoms with Crippen molar-refractivity contribution in [3.05, 3.63) is 29.3 Å². The number of carboxylic acid groups (broad SMARTS) is 1. The number of rotatable bonds is 10. The van der Waals surface area contributed by atoms with Crippen molar-refractivity contribution in [2.75, 3.05) is 25.5 Å². The molecule has 0 atom stereocenters. The standard InChI is InChI=1S/C19H28N2O3/c1-21(18(22)10-11-19(23)24)13-4-2-3-12-20-17-9-8-15-6-5-7-16(15)14-17/h8-9,14,20H,2-7,10-13H2,1H3,(H,23,24). The Kier molecular flexibility index (Phi) is 7.09. The number of fused-ring (bicyclic) bond motifs is 1. The summed E-state index contributed by atoms with van der Waals surface area (Å²) in [6, 6.07) is 6.68. The lowest BCUT2D eigenvalue weighted by atomic mass is 10.1. The molecule has 5 heteroatoms. The molecule has 0 fully saturated rings. The number of anilines is 1. The third-order valence-corrected chi connectivity index (χ3v) is 4.58. The molecule has 0 spiro atoms. The van der Waals surface area contributed by atoms with E-state index < -0.39 is 5.97 Å². The molecule has 1 aromatic rings. The largest absolute Gasteiger partial charge is 0.481 e. The molecule has 1 aromatic carbocycles. The second-order valence-electron chi connectivity index (χ2n) is 6.53. The van der Waals surface area contributed by atoms with Gasteiger partial charge in [-0.1, -0.05) is 6.07 Å². The van der Waals surface area contributed by atoms with Gasteiger partial charge in [0, 0.05) is 32.2 Å². The monoisotopic (exact) mass is 332 g/mol. The highest BCUT2D eigenvalue weighted by molar-refractivity contribution is 5.80. The van der Waals surface area contributed by atoms with Gasteiger partial charge in [0.15, 0.2) is 0 Å². The van der Waals surface area contributed by atoms with Crippen molar-refractivity contribution >= 4 is 17.6 Å². The zero-order valence-corrected chi connectivity index (χ0v) is 14.5. The Hall–Kier alpha value is -2.04. The molecule has 5 nitrogen and oxygen atoms in total. The molecule has 0 unspecified atom stereocenters. The molecule has 24 heavy (non-hydrogen) atoms. The molecule has 1 aliphatic carbocycles. The molecule has 0 saturated carbocycles. The molecular weight excluding hydrogens is 304 g/mol. The van der Waals surface area contributed by atoms with Crippen LogP contribution >= 0.6 is 0 Å². The van der Waals surface area contributed by atoms with Gasteiger partial charge in [0.05, 0.1) is 6.42 Å². The molecule has 0 heterocycles. The Morgan fingerprint density at radius 2 is 1.92 bits per heavy atom. The Bertz CT molecular complexity index is 572. The molecule has 0 radical (unpaired) electrons. The highest BCUT2D eigenvalue weighted by atomic mass is 16.4. The molecule has 0 aliphatic heterocycles. The first-order valence-corrected chi connectivity index (χ1v) is 8.87. The highest BCUT2D eigenvalue weighted by Crippen LogP contribution is 2.24. The van der Waals surface area contributed by atoms with E-state index in [0.717, 1.165) is 25.8 Å². The smallest absolute Gasteiger partial charge is 0.303 e. The fourth-order valence-corrected chi connectivity index (χ4v) is 3.09. The van der Waals surface area contributed by atoms with Crippen molar-refractivity contribution in [3.8, 4) is 0 Å². The van der Waals surface area contributed by atoms with Crippen molar-refractivity contribution in [2.45, 2.75) is 51.4 Å². The van der Waals surface area contributed by atoms with E-state index in [9.17, 15) is 9.59 Å². The molecule has 1 aliphatic rings. The maximum Gasteiger partial charge on any atom is 0.303 e. The number of hydrogen-bond acceptors (Lipinski definition) is 3. The minimum absolute atomic E-state index is 0.0890. The predicted molar refractivity (Wildman–Crippen MR) is 95.3 cm³/mol. The van der Waals surface area contributed by atoms with Crippen LogP contribution < -0.4 is 5.32 Å². The second kappa shape index (κ2) is 9.30. The number of amides is 1. The number of carboxylic acids is 1. The third kappa shape index (κ3) is 5.87. The summed E-state index contributed by atoms with van der Waals surface area (Å²) in [5, 5.41) is 12.1. The van der Waals surface area contributed by atoms with Gasteiger partial charge in [-0.3, -0.25) is 9.59 Å². The van der Waals surface area contributed by atoms with E-state index in [4.69, 9.17) is 5.11 Å². The molecule has 2 N–H and O–H groups in total. The van der Waals surface area contributed by atoms with Crippen molar-refractivity contribution in [2.24, 2.45) is 0 Å². The van der Waals surface area contributed by atoms with E-state index in [0.29, 0.717) is 6.54 Å². The molecular formula is C19H28N2O3. The summed E-state index contributed by atoms with van der Waals surface area (Å²) in [6.07, 6.45) is 6.75. The van der Waals surface area contributed by atoms with Crippen molar-refractivity contribution < 1.29 is 14.7 Å². The van der Waals surface area contributed by atoms with Crippen LogP contribution in [0.1, 0.15) is 49.7 Å². The Morgan fingerprint density at radius 1 is 1.12 bits per heavy atom. The van der Waals surface area contributed by atoms with Crippen molar-refractivity contribution in [1.82, 2.24) is 4.90 Å². The number of unbranched alkanes of at least 4 members (excludes halogenated alkanes) is 2. The maximum atomic E-state index is 11.7. The van der Waals surface area contributed by atoms with Gasteiger partial charge < -0.3 is 15.3 Å². The van der Waals surface area contributed by atoms with Gasteiger partial charge in [0.2, 0.25) is 5.91 Å². The summed E-state index contributed by atoms with van der Waals surface area (Å²) in [7, 11) is 1.74. The highest BCUT2D eigenvalue weighted by Gasteiger charge is 2.11. The van der Waals surface area contributed by atoms with E-state index in [1.54, 1.807) is 11.9 Å². The molecule has 0 bridgehead atoms. The second-order valence-corrected chi connectivity index (χ2v) is 6.53. The first-order chi connectivity index (χ1) is 11.6. The number of benzene rings is 1. The lowest BCUT2D eigenvalue weighted by Gasteiger charge is -2.16. The predicted octanol–water partition coefficient (Wildman–Crippen LogP) is 3.08. The summed E-state index contributed by atoms with van der Waals surface area (Å²) in [6.45, 7) is 1.63. The molecule has 2 rings (SSSR count). The fourth-order valence-electron chi connectivity index (χ4n) is 3.09. The Balaban J connectivity index is 1.55. The van der Waals surface area contributed by atoms with Crippen LogP contribution in [0.2, 0.25) is 0 Å². The third-order valence-electron chi connectivity index (χ3n) is 4.58. The van der Waals surface area contributed by atoms with Crippen molar-refractivity contribution in [3.63, 3.8) is 0 Å². The zero-order valence-electron chi connectivity index (χ0n) is 14.5. The molecule has 132 valence electrons. The SMILES string of the molecule is CN(CCCCCNc1ccc2c(c1)CCC2)C(=O)CCC(=O)O. The van der Waals surface area contributed by atoms with Crippen LogP contribution in [0.3, 0.4) is 0 Å². The van der Waals surface area contributed by atoms with Gasteiger partial charge in [0.25, 0.3) is 0 Å². The summed E-state index contributed by atoms with van der Waals surface area (Å²) >= 11 is 0. The van der Waals surface area contributed by atoms with E-state index in [1.807, 2.05) is 0 Å². The normalized spacial score (nSPS) is 12.7. The first kappa shape index (κ1) is 18.3. The molecule has 0 aromatic heterocycles. The quantitative estimate of drug-likeness (QED) is 0.646. The lowest BCUT2D eigenvalue weighted by Crippen LogP contribution is -2.28. The number of carbonyl (C=O) groups is 2. The first-order valence-electron chi connectivity index (χ1n) is 8.87. The van der Waals surface area contributed by atoms with Gasteiger partial charge in [0.1, 0.15) is 0 Å². The topological polar surface area (TPSA) is 69.6 Å². The minimum Gasteiger partial charge on any atom is -0.481 e. The van der Waals surface area contributed by atoms with Crippen LogP contribution in [0, 0.1) is 0 Å². The van der Waals surface area contributed by atoms with Crippen LogP contribution in [0.5, 0.6) is 0 Å². The summed E-state index contributed by atoms with van der Waals surface area (Å²) in [5.74, 6) is -1.01. The lowest BCUT2D eigenvalue weighted by molar-refractivity contribution is -0.140. The maximum absolute atomic E-state index is 11.7. The van der Waals surface area contributed by atoms with Crippen LogP contribution in [0.15, 0.2) is 18.2 Å². The van der Waals surface area contributed by atoms with Crippen LogP contribution in [0.4, 0.5) is 5.69 Å². The van der Waals surface area contributed by atoms with Gasteiger partial charge in [-0.05, 0) is 61.8 Å². The number of nitrogens with zero attached hydrogens (tertiary/aromatic N) is 1. The average Bonchev–Trinajstić information content (AvgIpc) is 3.03. The fraction of sp³-hybridized carbons (Fsp3) is 0.579. The molecule has 1 amide bonds. The van der Waals surface area contributed by atoms with E-state index in [2.05, 4.69) is 23.5 Å². The van der Waals surface area contributed by atoms with Gasteiger partial charge in [-0.2, -0.15) is 0 Å². The Morgan fingerprint density at radius 3 is 2.71 bits per heavy atom. The van der Waals surface area contributed by atoms with E-state index >= 15 is 0 Å².